The lowest BCUT2D eigenvalue weighted by atomic mass is 9.79. The molecule has 1 aromatic carbocycles. The SMILES string of the molecule is COCC1(CNC(=O)c2cc(F)cc3nc(C)c(C)nc23)CCNCC1.Cl.Cl. The van der Waals surface area contributed by atoms with Crippen LogP contribution >= 0.6 is 24.8 Å². The van der Waals surface area contributed by atoms with Gasteiger partial charge in [0.1, 0.15) is 11.3 Å². The summed E-state index contributed by atoms with van der Waals surface area (Å²) in [6.07, 6.45) is 1.84. The number of hydrogen-bond donors (Lipinski definition) is 2. The lowest BCUT2D eigenvalue weighted by molar-refractivity contribution is 0.0512. The molecule has 1 fully saturated rings. The van der Waals surface area contributed by atoms with Gasteiger partial charge in [0, 0.05) is 25.1 Å². The second-order valence-electron chi connectivity index (χ2n) is 7.08. The Hall–Kier alpha value is -1.54. The third kappa shape index (κ3) is 5.29. The summed E-state index contributed by atoms with van der Waals surface area (Å²) >= 11 is 0. The molecule has 3 rings (SSSR count). The molecule has 1 amide bonds. The fourth-order valence-electron chi connectivity index (χ4n) is 3.47. The van der Waals surface area contributed by atoms with E-state index < -0.39 is 5.82 Å². The van der Waals surface area contributed by atoms with E-state index in [1.807, 2.05) is 13.8 Å². The molecule has 0 aliphatic carbocycles. The van der Waals surface area contributed by atoms with E-state index >= 15 is 0 Å². The van der Waals surface area contributed by atoms with Crippen molar-refractivity contribution < 1.29 is 13.9 Å². The normalized spacial score (nSPS) is 15.4. The number of rotatable bonds is 5. The predicted molar refractivity (Wildman–Crippen MR) is 112 cm³/mol. The summed E-state index contributed by atoms with van der Waals surface area (Å²) in [4.78, 5) is 21.6. The molecule has 9 heteroatoms. The van der Waals surface area contributed by atoms with Gasteiger partial charge in [-0.2, -0.15) is 0 Å². The van der Waals surface area contributed by atoms with Crippen molar-refractivity contribution in [2.45, 2.75) is 26.7 Å². The number of nitrogens with one attached hydrogen (secondary N) is 2. The highest BCUT2D eigenvalue weighted by atomic mass is 35.5. The molecule has 1 aliphatic heterocycles. The molecule has 0 unspecified atom stereocenters. The van der Waals surface area contributed by atoms with Crippen LogP contribution in [0.4, 0.5) is 4.39 Å². The highest BCUT2D eigenvalue weighted by Crippen LogP contribution is 2.28. The number of carbonyl (C=O) groups is 1. The van der Waals surface area contributed by atoms with E-state index in [1.54, 1.807) is 7.11 Å². The molecule has 0 atom stereocenters. The number of fused-ring (bicyclic) bond motifs is 1. The number of piperidine rings is 1. The highest BCUT2D eigenvalue weighted by Gasteiger charge is 2.32. The number of hydrogen-bond acceptors (Lipinski definition) is 5. The minimum atomic E-state index is -0.492. The molecule has 1 aromatic heterocycles. The van der Waals surface area contributed by atoms with Crippen LogP contribution < -0.4 is 10.6 Å². The zero-order valence-corrected chi connectivity index (χ0v) is 17.9. The van der Waals surface area contributed by atoms with Crippen LogP contribution in [-0.2, 0) is 4.74 Å². The monoisotopic (exact) mass is 432 g/mol. The van der Waals surface area contributed by atoms with Crippen LogP contribution in [0.25, 0.3) is 11.0 Å². The Balaban J connectivity index is 0.00000196. The molecule has 2 N–H and O–H groups in total. The summed E-state index contributed by atoms with van der Waals surface area (Å²) in [5.74, 6) is -0.824. The van der Waals surface area contributed by atoms with Crippen LogP contribution in [0.15, 0.2) is 12.1 Å². The summed E-state index contributed by atoms with van der Waals surface area (Å²) in [7, 11) is 1.67. The van der Waals surface area contributed by atoms with Gasteiger partial charge in [0.2, 0.25) is 0 Å². The number of carbonyl (C=O) groups excluding carboxylic acids is 1. The molecule has 0 bridgehead atoms. The smallest absolute Gasteiger partial charge is 0.253 e. The summed E-state index contributed by atoms with van der Waals surface area (Å²) in [5.41, 5.74) is 2.40. The predicted octanol–water partition coefficient (Wildman–Crippen LogP) is 2.98. The number of amides is 1. The van der Waals surface area contributed by atoms with E-state index in [-0.39, 0.29) is 41.7 Å². The second-order valence-corrected chi connectivity index (χ2v) is 7.08. The summed E-state index contributed by atoms with van der Waals surface area (Å²) < 4.78 is 19.4. The maximum absolute atomic E-state index is 14.0. The molecular formula is C19H27Cl2FN4O2. The number of halogens is 3. The Morgan fingerprint density at radius 2 is 1.86 bits per heavy atom. The molecule has 0 saturated carbocycles. The number of ether oxygens (including phenoxy) is 1. The molecule has 0 radical (unpaired) electrons. The van der Waals surface area contributed by atoms with Crippen LogP contribution in [0.5, 0.6) is 0 Å². The fraction of sp³-hybridized carbons (Fsp3) is 0.526. The van der Waals surface area contributed by atoms with Gasteiger partial charge in [-0.15, -0.1) is 24.8 Å². The summed E-state index contributed by atoms with van der Waals surface area (Å²) in [6, 6.07) is 2.54. The standard InChI is InChI=1S/C19H25FN4O2.2ClH/c1-12-13(2)24-17-15(8-14(20)9-16(17)23-12)18(25)22-10-19(11-26-3)4-6-21-7-5-19;;/h8-9,21H,4-7,10-11H2,1-3H3,(H,22,25);2*1H. The summed E-state index contributed by atoms with van der Waals surface area (Å²) in [5, 5.41) is 6.29. The van der Waals surface area contributed by atoms with Gasteiger partial charge in [-0.25, -0.2) is 14.4 Å². The van der Waals surface area contributed by atoms with E-state index in [2.05, 4.69) is 20.6 Å². The van der Waals surface area contributed by atoms with Crippen LogP contribution in [0, 0.1) is 25.1 Å². The molecule has 2 aromatic rings. The first-order valence-electron chi connectivity index (χ1n) is 8.86. The number of benzene rings is 1. The summed E-state index contributed by atoms with van der Waals surface area (Å²) in [6.45, 7) is 6.50. The van der Waals surface area contributed by atoms with Crippen LogP contribution in [0.1, 0.15) is 34.6 Å². The average molecular weight is 433 g/mol. The van der Waals surface area contributed by atoms with E-state index in [4.69, 9.17) is 4.74 Å². The Kier molecular flexibility index (Phi) is 9.01. The van der Waals surface area contributed by atoms with Crippen molar-refractivity contribution in [2.24, 2.45) is 5.41 Å². The third-order valence-corrected chi connectivity index (χ3v) is 5.13. The minimum absolute atomic E-state index is 0. The molecular weight excluding hydrogens is 406 g/mol. The lowest BCUT2D eigenvalue weighted by Gasteiger charge is -2.37. The van der Waals surface area contributed by atoms with Gasteiger partial charge in [0.25, 0.3) is 5.91 Å². The van der Waals surface area contributed by atoms with Crippen LogP contribution in [-0.4, -0.2) is 49.2 Å². The zero-order valence-electron chi connectivity index (χ0n) is 16.3. The average Bonchev–Trinajstić information content (AvgIpc) is 2.62. The van der Waals surface area contributed by atoms with E-state index in [0.29, 0.717) is 24.2 Å². The van der Waals surface area contributed by atoms with Gasteiger partial charge in [-0.3, -0.25) is 4.79 Å². The molecule has 2 heterocycles. The first-order chi connectivity index (χ1) is 12.4. The van der Waals surface area contributed by atoms with Crippen molar-refractivity contribution >= 4 is 41.8 Å². The van der Waals surface area contributed by atoms with Gasteiger partial charge < -0.3 is 15.4 Å². The Labute approximate surface area is 176 Å². The van der Waals surface area contributed by atoms with Crippen LogP contribution in [0.2, 0.25) is 0 Å². The van der Waals surface area contributed by atoms with Crippen molar-refractivity contribution in [3.8, 4) is 0 Å². The van der Waals surface area contributed by atoms with Gasteiger partial charge in [-0.1, -0.05) is 0 Å². The Morgan fingerprint density at radius 1 is 1.21 bits per heavy atom. The third-order valence-electron chi connectivity index (χ3n) is 5.13. The Bertz CT molecular complexity index is 824. The van der Waals surface area contributed by atoms with Crippen molar-refractivity contribution in [3.63, 3.8) is 0 Å². The minimum Gasteiger partial charge on any atom is -0.384 e. The maximum atomic E-state index is 14.0. The number of aryl methyl sites for hydroxylation is 2. The van der Waals surface area contributed by atoms with E-state index in [0.717, 1.165) is 37.3 Å². The van der Waals surface area contributed by atoms with Gasteiger partial charge in [0.05, 0.1) is 29.1 Å². The van der Waals surface area contributed by atoms with Gasteiger partial charge >= 0.3 is 0 Å². The maximum Gasteiger partial charge on any atom is 0.253 e. The lowest BCUT2D eigenvalue weighted by Crippen LogP contribution is -2.47. The van der Waals surface area contributed by atoms with E-state index in [1.165, 1.54) is 12.1 Å². The van der Waals surface area contributed by atoms with Gasteiger partial charge in [-0.05, 0) is 45.8 Å². The van der Waals surface area contributed by atoms with Crippen LogP contribution in [0.3, 0.4) is 0 Å². The zero-order chi connectivity index (χ0) is 18.7. The van der Waals surface area contributed by atoms with Crippen molar-refractivity contribution in [3.05, 3.63) is 34.9 Å². The van der Waals surface area contributed by atoms with Crippen molar-refractivity contribution in [1.29, 1.82) is 0 Å². The molecule has 1 saturated heterocycles. The highest BCUT2D eigenvalue weighted by molar-refractivity contribution is 6.04. The number of methoxy groups -OCH3 is 1. The molecule has 1 aliphatic rings. The molecule has 28 heavy (non-hydrogen) atoms. The van der Waals surface area contributed by atoms with Gasteiger partial charge in [0.15, 0.2) is 0 Å². The molecule has 0 spiro atoms. The largest absolute Gasteiger partial charge is 0.384 e. The molecule has 156 valence electrons. The quantitative estimate of drug-likeness (QED) is 0.759. The number of nitrogens with zero attached hydrogens (tertiary/aromatic N) is 2. The molecule has 6 nitrogen and oxygen atoms in total. The first kappa shape index (κ1) is 24.5. The van der Waals surface area contributed by atoms with Crippen molar-refractivity contribution in [2.75, 3.05) is 33.4 Å². The second kappa shape index (κ2) is 10.3. The van der Waals surface area contributed by atoms with Crippen molar-refractivity contribution in [1.82, 2.24) is 20.6 Å². The van der Waals surface area contributed by atoms with E-state index in [9.17, 15) is 9.18 Å². The fourth-order valence-corrected chi connectivity index (χ4v) is 3.47. The number of aromatic nitrogens is 2. The Morgan fingerprint density at radius 3 is 2.50 bits per heavy atom. The first-order valence-corrected chi connectivity index (χ1v) is 8.86. The topological polar surface area (TPSA) is 76.1 Å².